The largest absolute Gasteiger partial charge is 0.350 e. The topological polar surface area (TPSA) is 64.0 Å². The molecule has 0 radical (unpaired) electrons. The quantitative estimate of drug-likeness (QED) is 0.749. The van der Waals surface area contributed by atoms with Crippen LogP contribution < -0.4 is 10.9 Å². The molecular formula is C19H15ClFN3O2. The molecule has 1 amide bonds. The van der Waals surface area contributed by atoms with Crippen LogP contribution in [-0.2, 0) is 17.9 Å². The number of aromatic nitrogens is 2. The molecule has 1 aromatic heterocycles. The fourth-order valence-electron chi connectivity index (χ4n) is 2.36. The molecule has 26 heavy (non-hydrogen) atoms. The molecule has 0 aliphatic rings. The lowest BCUT2D eigenvalue weighted by Gasteiger charge is -2.09. The van der Waals surface area contributed by atoms with E-state index in [9.17, 15) is 14.0 Å². The average Bonchev–Trinajstić information content (AvgIpc) is 2.64. The summed E-state index contributed by atoms with van der Waals surface area (Å²) in [6, 6.07) is 16.1. The average molecular weight is 372 g/mol. The fraction of sp³-hybridized carbons (Fsp3) is 0.105. The summed E-state index contributed by atoms with van der Waals surface area (Å²) >= 11 is 5.87. The number of carbonyl (C=O) groups excluding carboxylic acids is 1. The number of rotatable bonds is 5. The molecule has 0 saturated carbocycles. The van der Waals surface area contributed by atoms with Crippen molar-refractivity contribution in [1.82, 2.24) is 15.1 Å². The molecule has 0 spiro atoms. The summed E-state index contributed by atoms with van der Waals surface area (Å²) in [5.74, 6) is -0.830. The van der Waals surface area contributed by atoms with E-state index in [1.54, 1.807) is 48.5 Å². The van der Waals surface area contributed by atoms with Gasteiger partial charge in [0, 0.05) is 28.8 Å². The number of carbonyl (C=O) groups is 1. The summed E-state index contributed by atoms with van der Waals surface area (Å²) in [4.78, 5) is 24.1. The molecular weight excluding hydrogens is 357 g/mol. The zero-order valence-corrected chi connectivity index (χ0v) is 14.4. The van der Waals surface area contributed by atoms with Gasteiger partial charge < -0.3 is 5.32 Å². The van der Waals surface area contributed by atoms with Crippen molar-refractivity contribution < 1.29 is 9.18 Å². The van der Waals surface area contributed by atoms with Crippen molar-refractivity contribution in [2.24, 2.45) is 0 Å². The Balaban J connectivity index is 1.71. The molecule has 0 atom stereocenters. The highest BCUT2D eigenvalue weighted by molar-refractivity contribution is 6.30. The van der Waals surface area contributed by atoms with Gasteiger partial charge in [-0.3, -0.25) is 9.59 Å². The third-order valence-corrected chi connectivity index (χ3v) is 3.99. The highest BCUT2D eigenvalue weighted by Crippen LogP contribution is 2.18. The number of hydrogen-bond donors (Lipinski definition) is 1. The molecule has 0 saturated heterocycles. The van der Waals surface area contributed by atoms with Crippen LogP contribution in [0, 0.1) is 5.82 Å². The van der Waals surface area contributed by atoms with Crippen LogP contribution in [0.2, 0.25) is 5.02 Å². The molecule has 0 unspecified atom stereocenters. The maximum absolute atomic E-state index is 13.6. The van der Waals surface area contributed by atoms with Crippen molar-refractivity contribution in [3.8, 4) is 11.3 Å². The van der Waals surface area contributed by atoms with Gasteiger partial charge in [0.05, 0.1) is 5.69 Å². The molecule has 1 N–H and O–H groups in total. The maximum atomic E-state index is 13.6. The van der Waals surface area contributed by atoms with Gasteiger partial charge in [-0.25, -0.2) is 9.07 Å². The molecule has 0 bridgehead atoms. The van der Waals surface area contributed by atoms with Gasteiger partial charge in [-0.2, -0.15) is 5.10 Å². The van der Waals surface area contributed by atoms with Crippen LogP contribution in [0.5, 0.6) is 0 Å². The van der Waals surface area contributed by atoms with E-state index in [4.69, 9.17) is 11.6 Å². The first kappa shape index (κ1) is 17.8. The smallest absolute Gasteiger partial charge is 0.267 e. The molecule has 0 aliphatic heterocycles. The van der Waals surface area contributed by atoms with Crippen molar-refractivity contribution in [3.05, 3.63) is 87.4 Å². The van der Waals surface area contributed by atoms with E-state index in [2.05, 4.69) is 10.4 Å². The Morgan fingerprint density at radius 1 is 1.08 bits per heavy atom. The Hall–Kier alpha value is -2.99. The van der Waals surface area contributed by atoms with Gasteiger partial charge in [-0.05, 0) is 24.3 Å². The minimum absolute atomic E-state index is 0.0388. The van der Waals surface area contributed by atoms with Crippen LogP contribution >= 0.6 is 11.6 Å². The van der Waals surface area contributed by atoms with Crippen molar-refractivity contribution in [2.75, 3.05) is 0 Å². The lowest BCUT2D eigenvalue weighted by atomic mass is 10.1. The van der Waals surface area contributed by atoms with Crippen molar-refractivity contribution in [2.45, 2.75) is 13.1 Å². The van der Waals surface area contributed by atoms with Gasteiger partial charge in [0.15, 0.2) is 0 Å². The van der Waals surface area contributed by atoms with E-state index in [0.29, 0.717) is 16.3 Å². The number of halogens is 2. The normalized spacial score (nSPS) is 10.5. The van der Waals surface area contributed by atoms with E-state index < -0.39 is 17.3 Å². The Bertz CT molecular complexity index is 987. The molecule has 0 fully saturated rings. The number of amides is 1. The highest BCUT2D eigenvalue weighted by atomic mass is 35.5. The Kier molecular flexibility index (Phi) is 5.43. The molecule has 132 valence electrons. The van der Waals surface area contributed by atoms with Crippen molar-refractivity contribution >= 4 is 17.5 Å². The third-order valence-electron chi connectivity index (χ3n) is 3.73. The van der Waals surface area contributed by atoms with Crippen LogP contribution in [0.15, 0.2) is 65.5 Å². The zero-order chi connectivity index (χ0) is 18.5. The summed E-state index contributed by atoms with van der Waals surface area (Å²) in [7, 11) is 0. The van der Waals surface area contributed by atoms with E-state index in [1.165, 1.54) is 12.1 Å². The molecule has 3 rings (SSSR count). The second-order valence-corrected chi connectivity index (χ2v) is 6.03. The van der Waals surface area contributed by atoms with Gasteiger partial charge in [0.1, 0.15) is 12.4 Å². The number of nitrogens with zero attached hydrogens (tertiary/aromatic N) is 2. The molecule has 0 aliphatic carbocycles. The first-order valence-corrected chi connectivity index (χ1v) is 8.25. The van der Waals surface area contributed by atoms with E-state index in [-0.39, 0.29) is 13.1 Å². The first-order chi connectivity index (χ1) is 12.5. The lowest BCUT2D eigenvalue weighted by Crippen LogP contribution is -2.33. The van der Waals surface area contributed by atoms with Crippen LogP contribution in [0.3, 0.4) is 0 Å². The lowest BCUT2D eigenvalue weighted by molar-refractivity contribution is -0.122. The summed E-state index contributed by atoms with van der Waals surface area (Å²) in [5, 5.41) is 7.39. The first-order valence-electron chi connectivity index (χ1n) is 7.87. The van der Waals surface area contributed by atoms with E-state index >= 15 is 0 Å². The summed E-state index contributed by atoms with van der Waals surface area (Å²) in [6.07, 6.45) is 0. The van der Waals surface area contributed by atoms with Crippen molar-refractivity contribution in [3.63, 3.8) is 0 Å². The van der Waals surface area contributed by atoms with Gasteiger partial charge in [0.2, 0.25) is 5.91 Å². The van der Waals surface area contributed by atoms with Gasteiger partial charge in [-0.1, -0.05) is 41.9 Å². The Labute approximate surface area is 154 Å². The predicted octanol–water partition coefficient (Wildman–Crippen LogP) is 3.02. The van der Waals surface area contributed by atoms with Crippen LogP contribution in [0.1, 0.15) is 5.56 Å². The van der Waals surface area contributed by atoms with Crippen LogP contribution in [0.25, 0.3) is 11.3 Å². The third kappa shape index (κ3) is 4.34. The zero-order valence-electron chi connectivity index (χ0n) is 13.7. The van der Waals surface area contributed by atoms with E-state index in [0.717, 1.165) is 10.2 Å². The summed E-state index contributed by atoms with van der Waals surface area (Å²) in [6.45, 7) is -0.216. The number of benzene rings is 2. The second-order valence-electron chi connectivity index (χ2n) is 5.59. The van der Waals surface area contributed by atoms with Crippen LogP contribution in [0.4, 0.5) is 4.39 Å². The Morgan fingerprint density at radius 2 is 1.81 bits per heavy atom. The monoisotopic (exact) mass is 371 g/mol. The standard InChI is InChI=1S/C19H15ClFN3O2/c20-15-7-5-13(6-8-15)17-9-10-19(26)24(23-17)12-18(25)22-11-14-3-1-2-4-16(14)21/h1-10H,11-12H2,(H,22,25). The SMILES string of the molecule is O=C(Cn1nc(-c2ccc(Cl)cc2)ccc1=O)NCc1ccccc1F. The minimum atomic E-state index is -0.434. The fourth-order valence-corrected chi connectivity index (χ4v) is 2.49. The molecule has 5 nitrogen and oxygen atoms in total. The maximum Gasteiger partial charge on any atom is 0.267 e. The Morgan fingerprint density at radius 3 is 2.54 bits per heavy atom. The predicted molar refractivity (Wildman–Crippen MR) is 97.2 cm³/mol. The second kappa shape index (κ2) is 7.93. The molecule has 7 heteroatoms. The van der Waals surface area contributed by atoms with Crippen molar-refractivity contribution in [1.29, 1.82) is 0 Å². The molecule has 2 aromatic carbocycles. The molecule has 3 aromatic rings. The molecule has 1 heterocycles. The summed E-state index contributed by atoms with van der Waals surface area (Å²) < 4.78 is 14.6. The number of hydrogen-bond acceptors (Lipinski definition) is 3. The highest BCUT2D eigenvalue weighted by Gasteiger charge is 2.09. The number of nitrogens with one attached hydrogen (secondary N) is 1. The van der Waals surface area contributed by atoms with Gasteiger partial charge in [0.25, 0.3) is 5.56 Å². The van der Waals surface area contributed by atoms with Gasteiger partial charge in [-0.15, -0.1) is 0 Å². The summed E-state index contributed by atoms with van der Waals surface area (Å²) in [5.41, 5.74) is 1.29. The van der Waals surface area contributed by atoms with E-state index in [1.807, 2.05) is 0 Å². The minimum Gasteiger partial charge on any atom is -0.350 e. The van der Waals surface area contributed by atoms with Crippen LogP contribution in [-0.4, -0.2) is 15.7 Å². The van der Waals surface area contributed by atoms with Gasteiger partial charge >= 0.3 is 0 Å².